The van der Waals surface area contributed by atoms with Gasteiger partial charge in [-0.2, -0.15) is 18.4 Å². The van der Waals surface area contributed by atoms with Crippen molar-refractivity contribution in [2.45, 2.75) is 70.0 Å². The van der Waals surface area contributed by atoms with Crippen LogP contribution in [-0.2, 0) is 15.8 Å². The van der Waals surface area contributed by atoms with Crippen LogP contribution in [0.15, 0.2) is 18.2 Å². The summed E-state index contributed by atoms with van der Waals surface area (Å²) in [5.41, 5.74) is -1.38. The molecule has 0 radical (unpaired) electrons. The largest absolute Gasteiger partial charge is 0.417 e. The van der Waals surface area contributed by atoms with E-state index in [9.17, 15) is 22.8 Å². The van der Waals surface area contributed by atoms with Crippen LogP contribution in [0.1, 0.15) is 68.9 Å². The van der Waals surface area contributed by atoms with Gasteiger partial charge in [0, 0.05) is 38.8 Å². The lowest BCUT2D eigenvalue weighted by atomic mass is 9.76. The molecule has 1 spiro atoms. The number of halogens is 3. The van der Waals surface area contributed by atoms with E-state index in [1.165, 1.54) is 38.4 Å². The van der Waals surface area contributed by atoms with E-state index in [-0.39, 0.29) is 22.9 Å². The Morgan fingerprint density at radius 3 is 2.46 bits per heavy atom. The zero-order valence-electron chi connectivity index (χ0n) is 20.2. The zero-order chi connectivity index (χ0) is 25.2. The number of nitriles is 1. The van der Waals surface area contributed by atoms with Crippen LogP contribution in [0.4, 0.5) is 18.9 Å². The number of alkyl halides is 3. The van der Waals surface area contributed by atoms with Gasteiger partial charge < -0.3 is 15.1 Å². The molecular formula is C26H33F3N4O2. The number of piperidine rings is 1. The van der Waals surface area contributed by atoms with Gasteiger partial charge in [-0.3, -0.25) is 9.59 Å². The molecule has 1 saturated carbocycles. The molecule has 3 aliphatic rings. The van der Waals surface area contributed by atoms with Gasteiger partial charge in [-0.05, 0) is 61.6 Å². The number of amides is 2. The highest BCUT2D eigenvalue weighted by molar-refractivity contribution is 5.86. The first-order chi connectivity index (χ1) is 16.7. The third-order valence-electron chi connectivity index (χ3n) is 8.18. The van der Waals surface area contributed by atoms with Crippen molar-refractivity contribution >= 4 is 17.5 Å². The molecule has 3 fully saturated rings. The van der Waals surface area contributed by atoms with Gasteiger partial charge in [0.2, 0.25) is 11.8 Å². The van der Waals surface area contributed by atoms with Crippen molar-refractivity contribution in [2.75, 3.05) is 31.6 Å². The van der Waals surface area contributed by atoms with Crippen LogP contribution in [0.5, 0.6) is 0 Å². The van der Waals surface area contributed by atoms with Crippen molar-refractivity contribution < 1.29 is 22.8 Å². The average Bonchev–Trinajstić information content (AvgIpc) is 3.22. The van der Waals surface area contributed by atoms with E-state index in [1.807, 2.05) is 4.90 Å². The highest BCUT2D eigenvalue weighted by atomic mass is 19.4. The van der Waals surface area contributed by atoms with Gasteiger partial charge in [0.15, 0.2) is 0 Å². The molecule has 0 aromatic heterocycles. The van der Waals surface area contributed by atoms with Crippen LogP contribution in [0.3, 0.4) is 0 Å². The monoisotopic (exact) mass is 490 g/mol. The number of carbonyl (C=O) groups excluding carboxylic acids is 2. The molecule has 0 bridgehead atoms. The summed E-state index contributed by atoms with van der Waals surface area (Å²) in [7, 11) is 1.53. The van der Waals surface area contributed by atoms with Gasteiger partial charge in [0.1, 0.15) is 6.04 Å². The van der Waals surface area contributed by atoms with Gasteiger partial charge in [-0.25, -0.2) is 0 Å². The first kappa shape index (κ1) is 25.3. The summed E-state index contributed by atoms with van der Waals surface area (Å²) < 4.78 is 40.7. The Hall–Kier alpha value is -2.76. The maximum atomic E-state index is 13.6. The molecule has 2 heterocycles. The van der Waals surface area contributed by atoms with Crippen LogP contribution in [0.25, 0.3) is 0 Å². The summed E-state index contributed by atoms with van der Waals surface area (Å²) in [5, 5.41) is 11.8. The zero-order valence-corrected chi connectivity index (χ0v) is 20.2. The number of hydrogen-bond donors (Lipinski definition) is 1. The standard InChI is InChI=1S/C26H33F3N4O2/c1-31-24(35)22-15-25(9-11-32(12-10-25)23(34)13-18-5-3-2-4-6-18)17-33(22)20-8-7-19(16-30)21(14-20)26(27,28)29/h7-8,14,18,22H,2-6,9-13,15,17H2,1H3,(H,31,35). The lowest BCUT2D eigenvalue weighted by Gasteiger charge is -2.40. The molecule has 190 valence electrons. The second kappa shape index (κ2) is 10.1. The number of nitrogens with one attached hydrogen (secondary N) is 1. The maximum absolute atomic E-state index is 13.6. The Balaban J connectivity index is 1.49. The van der Waals surface area contributed by atoms with Crippen LogP contribution in [0.2, 0.25) is 0 Å². The molecule has 1 aromatic carbocycles. The van der Waals surface area contributed by atoms with Crippen LogP contribution < -0.4 is 10.2 Å². The molecule has 1 N–H and O–H groups in total. The second-order valence-electron chi connectivity index (χ2n) is 10.4. The Labute approximate surface area is 204 Å². The summed E-state index contributed by atoms with van der Waals surface area (Å²) in [6.07, 6.45) is 3.80. The minimum atomic E-state index is -4.66. The van der Waals surface area contributed by atoms with Crippen LogP contribution in [0, 0.1) is 22.7 Å². The van der Waals surface area contributed by atoms with E-state index < -0.39 is 23.3 Å². The summed E-state index contributed by atoms with van der Waals surface area (Å²) in [5.74, 6) is 0.438. The number of likely N-dealkylation sites (N-methyl/N-ethyl adjacent to an activating group) is 1. The third kappa shape index (κ3) is 5.41. The number of hydrogen-bond acceptors (Lipinski definition) is 4. The molecule has 1 aromatic rings. The lowest BCUT2D eigenvalue weighted by Crippen LogP contribution is -2.44. The lowest BCUT2D eigenvalue weighted by molar-refractivity contribution is -0.137. The molecule has 6 nitrogen and oxygen atoms in total. The fourth-order valence-electron chi connectivity index (χ4n) is 6.13. The Bertz CT molecular complexity index is 989. The molecule has 2 saturated heterocycles. The summed E-state index contributed by atoms with van der Waals surface area (Å²) in [6, 6.07) is 4.66. The molecule has 35 heavy (non-hydrogen) atoms. The first-order valence-electron chi connectivity index (χ1n) is 12.5. The predicted molar refractivity (Wildman–Crippen MR) is 125 cm³/mol. The van der Waals surface area contributed by atoms with Gasteiger partial charge >= 0.3 is 6.18 Å². The minimum absolute atomic E-state index is 0.200. The second-order valence-corrected chi connectivity index (χ2v) is 10.4. The van der Waals surface area contributed by atoms with Gasteiger partial charge in [0.25, 0.3) is 0 Å². The van der Waals surface area contributed by atoms with Crippen molar-refractivity contribution in [3.05, 3.63) is 29.3 Å². The van der Waals surface area contributed by atoms with E-state index in [4.69, 9.17) is 5.26 Å². The van der Waals surface area contributed by atoms with Crippen molar-refractivity contribution in [3.8, 4) is 6.07 Å². The third-order valence-corrected chi connectivity index (χ3v) is 8.18. The van der Waals surface area contributed by atoms with Crippen molar-refractivity contribution in [3.63, 3.8) is 0 Å². The predicted octanol–water partition coefficient (Wildman–Crippen LogP) is 4.48. The molecule has 2 amide bonds. The molecule has 1 aliphatic carbocycles. The molecule has 9 heteroatoms. The molecule has 1 unspecified atom stereocenters. The number of carbonyl (C=O) groups is 2. The number of anilines is 1. The normalized spacial score (nSPS) is 22.8. The summed E-state index contributed by atoms with van der Waals surface area (Å²) in [6.45, 7) is 1.67. The summed E-state index contributed by atoms with van der Waals surface area (Å²) in [4.78, 5) is 29.3. The SMILES string of the molecule is CNC(=O)C1CC2(CCN(C(=O)CC3CCCCC3)CC2)CN1c1ccc(C#N)c(C(F)(F)F)c1. The molecular weight excluding hydrogens is 457 g/mol. The number of rotatable bonds is 4. The number of likely N-dealkylation sites (tertiary alicyclic amines) is 1. The van der Waals surface area contributed by atoms with E-state index in [0.717, 1.165) is 31.7 Å². The van der Waals surface area contributed by atoms with Crippen molar-refractivity contribution in [1.82, 2.24) is 10.2 Å². The van der Waals surface area contributed by atoms with Crippen LogP contribution >= 0.6 is 0 Å². The van der Waals surface area contributed by atoms with Gasteiger partial charge in [-0.15, -0.1) is 0 Å². The number of benzene rings is 1. The van der Waals surface area contributed by atoms with Crippen LogP contribution in [-0.4, -0.2) is 49.4 Å². The van der Waals surface area contributed by atoms with E-state index in [1.54, 1.807) is 11.0 Å². The highest BCUT2D eigenvalue weighted by Gasteiger charge is 2.49. The molecule has 2 aliphatic heterocycles. The molecule has 1 atom stereocenters. The van der Waals surface area contributed by atoms with Gasteiger partial charge in [0.05, 0.1) is 17.2 Å². The topological polar surface area (TPSA) is 76.4 Å². The summed E-state index contributed by atoms with van der Waals surface area (Å²) >= 11 is 0. The Morgan fingerprint density at radius 1 is 1.17 bits per heavy atom. The van der Waals surface area contributed by atoms with Gasteiger partial charge in [-0.1, -0.05) is 19.3 Å². The fourth-order valence-corrected chi connectivity index (χ4v) is 6.13. The van der Waals surface area contributed by atoms with E-state index in [2.05, 4.69) is 5.32 Å². The highest BCUT2D eigenvalue weighted by Crippen LogP contribution is 2.46. The average molecular weight is 491 g/mol. The quantitative estimate of drug-likeness (QED) is 0.675. The van der Waals surface area contributed by atoms with Crippen molar-refractivity contribution in [1.29, 1.82) is 5.26 Å². The van der Waals surface area contributed by atoms with Crippen molar-refractivity contribution in [2.24, 2.45) is 11.3 Å². The van der Waals surface area contributed by atoms with E-state index >= 15 is 0 Å². The fraction of sp³-hybridized carbons (Fsp3) is 0.654. The Morgan fingerprint density at radius 2 is 1.86 bits per heavy atom. The minimum Gasteiger partial charge on any atom is -0.359 e. The smallest absolute Gasteiger partial charge is 0.359 e. The van der Waals surface area contributed by atoms with E-state index in [0.29, 0.717) is 38.4 Å². The number of nitrogens with zero attached hydrogens (tertiary/aromatic N) is 3. The maximum Gasteiger partial charge on any atom is 0.417 e. The molecule has 4 rings (SSSR count). The Kier molecular flexibility index (Phi) is 7.30. The first-order valence-corrected chi connectivity index (χ1v) is 12.5.